The number of carbonyl (C=O) groups excluding carboxylic acids is 2. The van der Waals surface area contributed by atoms with E-state index in [-0.39, 0.29) is 34.6 Å². The number of halogens is 1. The first kappa shape index (κ1) is 21.0. The van der Waals surface area contributed by atoms with E-state index < -0.39 is 29.2 Å². The Kier molecular flexibility index (Phi) is 6.34. The predicted octanol–water partition coefficient (Wildman–Crippen LogP) is 0.256. The number of rotatable bonds is 5. The van der Waals surface area contributed by atoms with Gasteiger partial charge in [-0.25, -0.2) is 9.78 Å². The van der Waals surface area contributed by atoms with E-state index in [4.69, 9.17) is 5.73 Å². The number of aliphatic carboxylic acids is 1. The van der Waals surface area contributed by atoms with Crippen LogP contribution < -0.4 is 11.1 Å². The van der Waals surface area contributed by atoms with Crippen molar-refractivity contribution in [2.24, 2.45) is 5.16 Å². The van der Waals surface area contributed by atoms with Crippen molar-refractivity contribution in [3.05, 3.63) is 22.3 Å². The molecule has 1 unspecified atom stereocenters. The number of thiazole rings is 1. The summed E-state index contributed by atoms with van der Waals surface area (Å²) in [4.78, 5) is 46.2. The van der Waals surface area contributed by atoms with Gasteiger partial charge in [0.2, 0.25) is 0 Å². The summed E-state index contributed by atoms with van der Waals surface area (Å²) in [6, 6.07) is -0.854. The molecule has 1 aromatic rings. The number of oxime groups is 1. The quantitative estimate of drug-likeness (QED) is 0.340. The second kappa shape index (κ2) is 8.15. The summed E-state index contributed by atoms with van der Waals surface area (Å²) in [6.45, 7) is 1.67. The normalized spacial score (nSPS) is 21.8. The summed E-state index contributed by atoms with van der Waals surface area (Å²) in [5.41, 5.74) is 6.27. The Morgan fingerprint density at radius 1 is 1.52 bits per heavy atom. The predicted molar refractivity (Wildman–Crippen MR) is 103 cm³/mol. The summed E-state index contributed by atoms with van der Waals surface area (Å²) < 4.78 is 0. The van der Waals surface area contributed by atoms with E-state index in [1.54, 1.807) is 12.3 Å². The first-order chi connectivity index (χ1) is 12.3. The molecule has 1 aromatic heterocycles. The molecular weight excluding hydrogens is 418 g/mol. The third kappa shape index (κ3) is 3.73. The molecule has 2 amide bonds. The number of nitrogens with two attached hydrogens (primary N) is 1. The summed E-state index contributed by atoms with van der Waals surface area (Å²) >= 11 is 2.52. The first-order valence-electron chi connectivity index (χ1n) is 7.36. The van der Waals surface area contributed by atoms with Gasteiger partial charge in [-0.05, 0) is 12.5 Å². The highest BCUT2D eigenvalue weighted by Gasteiger charge is 2.54. The highest BCUT2D eigenvalue weighted by Crippen LogP contribution is 2.40. The molecule has 0 aliphatic carbocycles. The summed E-state index contributed by atoms with van der Waals surface area (Å²) in [5.74, 6) is -1.84. The van der Waals surface area contributed by atoms with E-state index in [2.05, 4.69) is 20.3 Å². The van der Waals surface area contributed by atoms with Crippen LogP contribution in [0.1, 0.15) is 12.6 Å². The minimum atomic E-state index is -1.16. The molecule has 4 N–H and O–H groups in total. The number of hydrogen-bond acceptors (Lipinski definition) is 9. The molecule has 2 aliphatic rings. The number of carboxylic acid groups (broad SMARTS) is 1. The van der Waals surface area contributed by atoms with Crippen LogP contribution in [0.2, 0.25) is 0 Å². The molecular formula is C14H16ClN5O5S2. The number of amides is 2. The molecule has 3 heterocycles. The fourth-order valence-corrected chi connectivity index (χ4v) is 4.52. The van der Waals surface area contributed by atoms with Crippen molar-refractivity contribution in [1.82, 2.24) is 15.2 Å². The average molecular weight is 434 g/mol. The van der Waals surface area contributed by atoms with Gasteiger partial charge in [0.1, 0.15) is 29.9 Å². The summed E-state index contributed by atoms with van der Waals surface area (Å²) in [6.07, 6.45) is 0. The molecule has 27 heavy (non-hydrogen) atoms. The van der Waals surface area contributed by atoms with Gasteiger partial charge in [0, 0.05) is 11.1 Å². The van der Waals surface area contributed by atoms with Crippen molar-refractivity contribution in [1.29, 1.82) is 0 Å². The van der Waals surface area contributed by atoms with Gasteiger partial charge in [-0.2, -0.15) is 0 Å². The maximum Gasteiger partial charge on any atom is 0.352 e. The zero-order valence-corrected chi connectivity index (χ0v) is 16.6. The number of hydrogen-bond donors (Lipinski definition) is 3. The Labute approximate surface area is 168 Å². The van der Waals surface area contributed by atoms with Gasteiger partial charge in [0.05, 0.1) is 0 Å². The van der Waals surface area contributed by atoms with Crippen molar-refractivity contribution in [2.45, 2.75) is 18.3 Å². The van der Waals surface area contributed by atoms with Crippen LogP contribution in [0.15, 0.2) is 21.8 Å². The van der Waals surface area contributed by atoms with Gasteiger partial charge in [0.25, 0.3) is 11.8 Å². The van der Waals surface area contributed by atoms with Crippen LogP contribution in [0.4, 0.5) is 5.13 Å². The Balaban J connectivity index is 0.00000261. The summed E-state index contributed by atoms with van der Waals surface area (Å²) in [5, 5.41) is 16.9. The van der Waals surface area contributed by atoms with Gasteiger partial charge >= 0.3 is 5.97 Å². The van der Waals surface area contributed by atoms with E-state index in [9.17, 15) is 19.5 Å². The van der Waals surface area contributed by atoms with Gasteiger partial charge < -0.3 is 21.0 Å². The lowest BCUT2D eigenvalue weighted by molar-refractivity contribution is -0.150. The maximum absolute atomic E-state index is 12.5. The molecule has 2 atom stereocenters. The lowest BCUT2D eigenvalue weighted by Gasteiger charge is -2.49. The molecule has 10 nitrogen and oxygen atoms in total. The number of nitrogen functional groups attached to an aromatic ring is 1. The molecule has 13 heteroatoms. The van der Waals surface area contributed by atoms with Crippen molar-refractivity contribution < 1.29 is 24.3 Å². The minimum absolute atomic E-state index is 0. The Hall–Kier alpha value is -2.31. The molecule has 1 fully saturated rings. The van der Waals surface area contributed by atoms with Crippen molar-refractivity contribution in [3.63, 3.8) is 0 Å². The van der Waals surface area contributed by atoms with Crippen LogP contribution in [-0.2, 0) is 19.2 Å². The van der Waals surface area contributed by atoms with E-state index in [1.165, 1.54) is 23.8 Å². The van der Waals surface area contributed by atoms with E-state index >= 15 is 0 Å². The third-order valence-electron chi connectivity index (χ3n) is 3.81. The van der Waals surface area contributed by atoms with E-state index in [0.717, 1.165) is 11.3 Å². The van der Waals surface area contributed by atoms with Crippen LogP contribution in [0, 0.1) is 0 Å². The Morgan fingerprint density at radius 2 is 2.22 bits per heavy atom. The van der Waals surface area contributed by atoms with Crippen LogP contribution in [0.25, 0.3) is 0 Å². The minimum Gasteiger partial charge on any atom is -0.477 e. The number of nitrogens with one attached hydrogen (secondary N) is 1. The fraction of sp³-hybridized carbons (Fsp3) is 0.357. The fourth-order valence-electron chi connectivity index (χ4n) is 2.68. The molecule has 1 saturated heterocycles. The standard InChI is InChI=1S/C14H15N5O5S2.ClH/c1-5-3-25-12-8(11(21)19(12)9(5)13(22)23)17-10(20)7(18-24-2)6-4-26-14(15)16-6;/h4,8,12H,3H2,1-2H3,(H2,15,16)(H,17,20)(H,22,23);1H/t8?,12-;/m0./s1. The van der Waals surface area contributed by atoms with Crippen LogP contribution in [0.5, 0.6) is 0 Å². The number of aromatic nitrogens is 1. The average Bonchev–Trinajstić information content (AvgIpc) is 3.02. The maximum atomic E-state index is 12.5. The van der Waals surface area contributed by atoms with Crippen LogP contribution in [0.3, 0.4) is 0 Å². The number of thioether (sulfide) groups is 1. The SMILES string of the molecule is CON=C(C(=O)NC1C(=O)N2C(C(=O)O)=C(C)CS[C@@H]12)c1csc(N)n1.Cl. The number of fused-ring (bicyclic) bond motifs is 1. The largest absolute Gasteiger partial charge is 0.477 e. The smallest absolute Gasteiger partial charge is 0.352 e. The second-order valence-corrected chi connectivity index (χ2v) is 7.48. The monoisotopic (exact) mass is 433 g/mol. The molecule has 0 bridgehead atoms. The van der Waals surface area contributed by atoms with Crippen molar-refractivity contribution in [2.75, 3.05) is 18.6 Å². The molecule has 0 radical (unpaired) electrons. The molecule has 3 rings (SSSR count). The third-order valence-corrected chi connectivity index (χ3v) is 5.91. The van der Waals surface area contributed by atoms with Gasteiger partial charge in [0.15, 0.2) is 10.8 Å². The number of nitrogens with zero attached hydrogens (tertiary/aromatic N) is 3. The van der Waals surface area contributed by atoms with E-state index in [1.807, 2.05) is 0 Å². The van der Waals surface area contributed by atoms with Crippen LogP contribution in [-0.4, -0.2) is 62.8 Å². The van der Waals surface area contributed by atoms with Gasteiger partial charge in [-0.3, -0.25) is 14.5 Å². The molecule has 0 saturated carbocycles. The first-order valence-corrected chi connectivity index (χ1v) is 9.29. The number of β-lactam (4-membered cyclic amide) rings is 1. The number of carboxylic acids is 1. The van der Waals surface area contributed by atoms with Gasteiger partial charge in [-0.15, -0.1) is 35.5 Å². The van der Waals surface area contributed by atoms with Gasteiger partial charge in [-0.1, -0.05) is 5.16 Å². The van der Waals surface area contributed by atoms with Crippen LogP contribution >= 0.6 is 35.5 Å². The zero-order chi connectivity index (χ0) is 19.0. The highest BCUT2D eigenvalue weighted by molar-refractivity contribution is 8.00. The molecule has 146 valence electrons. The lowest BCUT2D eigenvalue weighted by Crippen LogP contribution is -2.71. The Bertz CT molecular complexity index is 855. The molecule has 2 aliphatic heterocycles. The van der Waals surface area contributed by atoms with Crippen molar-refractivity contribution >= 4 is 64.1 Å². The summed E-state index contributed by atoms with van der Waals surface area (Å²) in [7, 11) is 1.28. The highest BCUT2D eigenvalue weighted by atomic mass is 35.5. The second-order valence-electron chi connectivity index (χ2n) is 5.49. The topological polar surface area (TPSA) is 147 Å². The molecule has 0 aromatic carbocycles. The number of anilines is 1. The lowest BCUT2D eigenvalue weighted by atomic mass is 10.0. The van der Waals surface area contributed by atoms with Crippen molar-refractivity contribution in [3.8, 4) is 0 Å². The Morgan fingerprint density at radius 3 is 2.78 bits per heavy atom. The van der Waals surface area contributed by atoms with E-state index in [0.29, 0.717) is 11.3 Å². The molecule has 0 spiro atoms. The zero-order valence-electron chi connectivity index (χ0n) is 14.2. The number of carbonyl (C=O) groups is 3.